The minimum absolute atomic E-state index is 0.206. The number of hydrogen-bond donors (Lipinski definition) is 2. The molecule has 0 unspecified atom stereocenters. The van der Waals surface area contributed by atoms with Gasteiger partial charge in [-0.1, -0.05) is 6.92 Å². The first kappa shape index (κ1) is 9.88. The molecule has 3 heteroatoms. The molecule has 0 aromatic heterocycles. The van der Waals surface area contributed by atoms with Gasteiger partial charge in [0.1, 0.15) is 5.60 Å². The Balaban J connectivity index is 3.28. The number of aliphatic hydroxyl groups excluding tert-OH is 1. The van der Waals surface area contributed by atoms with E-state index in [1.165, 1.54) is 0 Å². The Labute approximate surface area is 61.6 Å². The Kier molecular flexibility index (Phi) is 4.60. The molecule has 62 valence electrons. The molecule has 2 N–H and O–H groups in total. The molecule has 3 nitrogen and oxygen atoms in total. The maximum Gasteiger partial charge on any atom is 0.108 e. The van der Waals surface area contributed by atoms with Crippen LogP contribution in [0.1, 0.15) is 20.3 Å². The van der Waals surface area contributed by atoms with E-state index in [1.807, 2.05) is 6.92 Å². The van der Waals surface area contributed by atoms with Crippen LogP contribution in [0.15, 0.2) is 0 Å². The van der Waals surface area contributed by atoms with E-state index in [1.54, 1.807) is 6.92 Å². The third-order valence-corrected chi connectivity index (χ3v) is 1.10. The third kappa shape index (κ3) is 4.73. The lowest BCUT2D eigenvalue weighted by molar-refractivity contribution is -0.0648. The topological polar surface area (TPSA) is 49.7 Å². The molecular weight excluding hydrogens is 132 g/mol. The van der Waals surface area contributed by atoms with Crippen LogP contribution in [0.2, 0.25) is 0 Å². The number of rotatable bonds is 5. The molecule has 0 aromatic rings. The molecule has 10 heavy (non-hydrogen) atoms. The first-order valence-corrected chi connectivity index (χ1v) is 3.53. The molecule has 0 heterocycles. The van der Waals surface area contributed by atoms with Crippen molar-refractivity contribution in [2.75, 3.05) is 19.8 Å². The minimum atomic E-state index is -1.07. The minimum Gasteiger partial charge on any atom is -0.393 e. The fraction of sp³-hybridized carbons (Fsp3) is 1.00. The van der Waals surface area contributed by atoms with E-state index in [9.17, 15) is 5.11 Å². The van der Waals surface area contributed by atoms with Gasteiger partial charge in [0, 0.05) is 6.61 Å². The van der Waals surface area contributed by atoms with Gasteiger partial charge in [0.05, 0.1) is 13.2 Å². The van der Waals surface area contributed by atoms with Gasteiger partial charge in [0.2, 0.25) is 0 Å². The van der Waals surface area contributed by atoms with Crippen LogP contribution in [-0.4, -0.2) is 35.6 Å². The Morgan fingerprint density at radius 2 is 2.10 bits per heavy atom. The predicted molar refractivity (Wildman–Crippen MR) is 38.8 cm³/mol. The highest BCUT2D eigenvalue weighted by atomic mass is 16.5. The molecule has 1 atom stereocenters. The lowest BCUT2D eigenvalue weighted by Gasteiger charge is -2.19. The summed E-state index contributed by atoms with van der Waals surface area (Å²) in [7, 11) is 0. The van der Waals surface area contributed by atoms with Gasteiger partial charge in [0.25, 0.3) is 0 Å². The molecule has 0 bridgehead atoms. The van der Waals surface area contributed by atoms with E-state index in [0.717, 1.165) is 6.42 Å². The van der Waals surface area contributed by atoms with Crippen molar-refractivity contribution in [2.24, 2.45) is 0 Å². The SMILES string of the molecule is CCCOC[C@@](C)(O)CO. The van der Waals surface area contributed by atoms with Crippen LogP contribution in [0.3, 0.4) is 0 Å². The fourth-order valence-electron chi connectivity index (χ4n) is 0.482. The van der Waals surface area contributed by atoms with Crippen LogP contribution in [0.4, 0.5) is 0 Å². The second kappa shape index (κ2) is 4.66. The summed E-state index contributed by atoms with van der Waals surface area (Å²) in [4.78, 5) is 0. The van der Waals surface area contributed by atoms with Gasteiger partial charge in [-0.2, -0.15) is 0 Å². The van der Waals surface area contributed by atoms with Crippen molar-refractivity contribution < 1.29 is 14.9 Å². The van der Waals surface area contributed by atoms with Crippen LogP contribution in [0, 0.1) is 0 Å². The largest absolute Gasteiger partial charge is 0.393 e. The molecule has 0 aromatic carbocycles. The summed E-state index contributed by atoms with van der Waals surface area (Å²) in [6, 6.07) is 0. The van der Waals surface area contributed by atoms with E-state index in [4.69, 9.17) is 9.84 Å². The fourth-order valence-corrected chi connectivity index (χ4v) is 0.482. The van der Waals surface area contributed by atoms with Gasteiger partial charge >= 0.3 is 0 Å². The van der Waals surface area contributed by atoms with Crippen molar-refractivity contribution in [3.8, 4) is 0 Å². The second-order valence-corrected chi connectivity index (χ2v) is 2.71. The maximum atomic E-state index is 9.17. The standard InChI is InChI=1S/C7H16O3/c1-3-4-10-6-7(2,9)5-8/h8-9H,3-6H2,1-2H3/t7-/m0/s1. The molecule has 0 saturated carbocycles. The van der Waals surface area contributed by atoms with Crippen LogP contribution < -0.4 is 0 Å². The van der Waals surface area contributed by atoms with Gasteiger partial charge in [-0.05, 0) is 13.3 Å². The predicted octanol–water partition coefficient (Wildman–Crippen LogP) is 0.156. The lowest BCUT2D eigenvalue weighted by atomic mass is 10.1. The number of ether oxygens (including phenoxy) is 1. The van der Waals surface area contributed by atoms with Crippen molar-refractivity contribution in [1.82, 2.24) is 0 Å². The molecule has 0 fully saturated rings. The molecule has 0 radical (unpaired) electrons. The summed E-state index contributed by atoms with van der Waals surface area (Å²) in [6.45, 7) is 4.13. The summed E-state index contributed by atoms with van der Waals surface area (Å²) in [5.74, 6) is 0. The Morgan fingerprint density at radius 3 is 2.50 bits per heavy atom. The van der Waals surface area contributed by atoms with E-state index in [2.05, 4.69) is 0 Å². The zero-order chi connectivity index (χ0) is 8.04. The summed E-state index contributed by atoms with van der Waals surface area (Å²) in [6.07, 6.45) is 0.932. The second-order valence-electron chi connectivity index (χ2n) is 2.71. The average Bonchev–Trinajstić information content (AvgIpc) is 1.89. The summed E-state index contributed by atoms with van der Waals surface area (Å²) in [5, 5.41) is 17.7. The monoisotopic (exact) mass is 148 g/mol. The van der Waals surface area contributed by atoms with Gasteiger partial charge in [0.15, 0.2) is 0 Å². The first-order chi connectivity index (χ1) is 4.62. The lowest BCUT2D eigenvalue weighted by Crippen LogP contribution is -2.34. The van der Waals surface area contributed by atoms with E-state index in [0.29, 0.717) is 6.61 Å². The smallest absolute Gasteiger partial charge is 0.108 e. The molecule has 0 aliphatic rings. The van der Waals surface area contributed by atoms with Crippen LogP contribution in [0.5, 0.6) is 0 Å². The van der Waals surface area contributed by atoms with Crippen molar-refractivity contribution in [1.29, 1.82) is 0 Å². The molecule has 0 aliphatic carbocycles. The molecule has 0 aliphatic heterocycles. The van der Waals surface area contributed by atoms with E-state index in [-0.39, 0.29) is 13.2 Å². The van der Waals surface area contributed by atoms with Crippen molar-refractivity contribution in [3.63, 3.8) is 0 Å². The summed E-state index contributed by atoms with van der Waals surface area (Å²) in [5.41, 5.74) is -1.07. The normalized spacial score (nSPS) is 16.8. The van der Waals surface area contributed by atoms with Crippen molar-refractivity contribution in [2.45, 2.75) is 25.9 Å². The van der Waals surface area contributed by atoms with Crippen molar-refractivity contribution in [3.05, 3.63) is 0 Å². The quantitative estimate of drug-likeness (QED) is 0.546. The van der Waals surface area contributed by atoms with Crippen LogP contribution in [-0.2, 0) is 4.74 Å². The van der Waals surface area contributed by atoms with Crippen LogP contribution in [0.25, 0.3) is 0 Å². The average molecular weight is 148 g/mol. The summed E-state index contributed by atoms with van der Waals surface area (Å²) < 4.78 is 5.03. The highest BCUT2D eigenvalue weighted by molar-refractivity contribution is 4.68. The molecule has 0 saturated heterocycles. The van der Waals surface area contributed by atoms with Gasteiger partial charge in [-0.3, -0.25) is 0 Å². The molecular formula is C7H16O3. The van der Waals surface area contributed by atoms with Gasteiger partial charge < -0.3 is 14.9 Å². The third-order valence-electron chi connectivity index (χ3n) is 1.10. The van der Waals surface area contributed by atoms with Gasteiger partial charge in [-0.25, -0.2) is 0 Å². The highest BCUT2D eigenvalue weighted by Crippen LogP contribution is 2.01. The van der Waals surface area contributed by atoms with E-state index >= 15 is 0 Å². The zero-order valence-corrected chi connectivity index (χ0v) is 6.63. The molecule has 0 rings (SSSR count). The Hall–Kier alpha value is -0.120. The van der Waals surface area contributed by atoms with Crippen LogP contribution >= 0.6 is 0 Å². The van der Waals surface area contributed by atoms with E-state index < -0.39 is 5.60 Å². The Bertz CT molecular complexity index is 80.9. The zero-order valence-electron chi connectivity index (χ0n) is 6.63. The number of aliphatic hydroxyl groups is 2. The first-order valence-electron chi connectivity index (χ1n) is 3.53. The Morgan fingerprint density at radius 1 is 1.50 bits per heavy atom. The van der Waals surface area contributed by atoms with Gasteiger partial charge in [-0.15, -0.1) is 0 Å². The molecule has 0 amide bonds. The number of hydrogen-bond acceptors (Lipinski definition) is 3. The molecule has 0 spiro atoms. The highest BCUT2D eigenvalue weighted by Gasteiger charge is 2.18. The van der Waals surface area contributed by atoms with Crippen molar-refractivity contribution >= 4 is 0 Å². The maximum absolute atomic E-state index is 9.17. The summed E-state index contributed by atoms with van der Waals surface area (Å²) >= 11 is 0.